The van der Waals surface area contributed by atoms with Crippen molar-refractivity contribution in [1.82, 2.24) is 0 Å². The van der Waals surface area contributed by atoms with Gasteiger partial charge in [-0.2, -0.15) is 0 Å². The molecule has 0 rings (SSSR count). The lowest BCUT2D eigenvalue weighted by atomic mass is 10.0. The molecule has 5 nitrogen and oxygen atoms in total. The Morgan fingerprint density at radius 3 is 1.92 bits per heavy atom. The molecule has 0 aromatic carbocycles. The van der Waals surface area contributed by atoms with Crippen LogP contribution in [0.15, 0.2) is 0 Å². The highest BCUT2D eigenvalue weighted by atomic mass is 16.7. The smallest absolute Gasteiger partial charge is 0.320 e. The van der Waals surface area contributed by atoms with Crippen molar-refractivity contribution in [3.63, 3.8) is 0 Å². The van der Waals surface area contributed by atoms with Crippen LogP contribution in [0, 0.1) is 0 Å². The number of hydrogen-bond donors (Lipinski definition) is 5. The summed E-state index contributed by atoms with van der Waals surface area (Å²) in [5, 5.41) is 35.1. The number of nitrogens with two attached hydrogens (primary N) is 1. The average Bonchev–Trinajstić information content (AvgIpc) is 1.96. The van der Waals surface area contributed by atoms with Crippen molar-refractivity contribution in [1.29, 1.82) is 0 Å². The highest BCUT2D eigenvalue weighted by Crippen LogP contribution is 2.18. The Morgan fingerprint density at radius 1 is 1.00 bits per heavy atom. The van der Waals surface area contributed by atoms with Crippen LogP contribution in [0.5, 0.6) is 0 Å². The van der Waals surface area contributed by atoms with Crippen LogP contribution < -0.4 is 5.73 Å². The van der Waals surface area contributed by atoms with Crippen LogP contribution in [0.25, 0.3) is 0 Å². The largest absolute Gasteiger partial charge is 0.369 e. The first kappa shape index (κ1) is 12.8. The van der Waals surface area contributed by atoms with Gasteiger partial charge in [0.05, 0.1) is 0 Å². The molecule has 0 aliphatic rings. The first-order valence-corrected chi connectivity index (χ1v) is 4.49. The fraction of sp³-hybridized carbons (Fsp3) is 1.00. The van der Waals surface area contributed by atoms with Crippen LogP contribution in [-0.4, -0.2) is 32.1 Å². The van der Waals surface area contributed by atoms with Gasteiger partial charge in [0.2, 0.25) is 0 Å². The summed E-state index contributed by atoms with van der Waals surface area (Å²) < 4.78 is 0. The van der Waals surface area contributed by atoms with Crippen LogP contribution in [0.2, 0.25) is 0 Å². The fourth-order valence-electron chi connectivity index (χ4n) is 0.989. The van der Waals surface area contributed by atoms with E-state index in [4.69, 9.17) is 21.1 Å². The minimum absolute atomic E-state index is 0.0451. The summed E-state index contributed by atoms with van der Waals surface area (Å²) in [5.41, 5.74) is 2.74. The Morgan fingerprint density at radius 2 is 1.54 bits per heavy atom. The summed E-state index contributed by atoms with van der Waals surface area (Å²) in [6.45, 7) is 2.03. The van der Waals surface area contributed by atoms with E-state index in [1.54, 1.807) is 0 Å². The monoisotopic (exact) mass is 193 g/mol. The standard InChI is InChI=1S/C8H19NO4/c1-2-3-4-5-6-7(9,10)8(11,12)13/h10-13H,2-6,9H2,1H3. The van der Waals surface area contributed by atoms with Gasteiger partial charge in [-0.25, -0.2) is 0 Å². The first-order chi connectivity index (χ1) is 5.81. The zero-order chi connectivity index (χ0) is 10.5. The van der Waals surface area contributed by atoms with Crippen molar-refractivity contribution in [2.45, 2.75) is 50.7 Å². The molecule has 0 spiro atoms. The summed E-state index contributed by atoms with van der Waals surface area (Å²) in [6, 6.07) is 0. The Bertz CT molecular complexity index is 142. The molecule has 5 heteroatoms. The van der Waals surface area contributed by atoms with Crippen molar-refractivity contribution in [3.05, 3.63) is 0 Å². The molecule has 0 saturated heterocycles. The van der Waals surface area contributed by atoms with E-state index in [0.717, 1.165) is 19.3 Å². The van der Waals surface area contributed by atoms with Crippen LogP contribution in [0.3, 0.4) is 0 Å². The molecule has 0 aromatic rings. The van der Waals surface area contributed by atoms with Crippen molar-refractivity contribution < 1.29 is 20.4 Å². The average molecular weight is 193 g/mol. The number of aliphatic hydroxyl groups is 4. The van der Waals surface area contributed by atoms with Gasteiger partial charge in [-0.3, -0.25) is 5.73 Å². The predicted molar refractivity (Wildman–Crippen MR) is 47.3 cm³/mol. The molecule has 0 heterocycles. The second-order valence-corrected chi connectivity index (χ2v) is 3.37. The molecule has 6 N–H and O–H groups in total. The molecule has 0 aliphatic heterocycles. The number of unbranched alkanes of at least 4 members (excludes halogenated alkanes) is 3. The highest BCUT2D eigenvalue weighted by Gasteiger charge is 2.43. The Balaban J connectivity index is 3.77. The van der Waals surface area contributed by atoms with E-state index >= 15 is 0 Å². The van der Waals surface area contributed by atoms with E-state index < -0.39 is 11.7 Å². The lowest BCUT2D eigenvalue weighted by molar-refractivity contribution is -0.391. The van der Waals surface area contributed by atoms with E-state index in [0.29, 0.717) is 6.42 Å². The van der Waals surface area contributed by atoms with Gasteiger partial charge in [-0.15, -0.1) is 0 Å². The SMILES string of the molecule is CCCCCCC(N)(O)C(O)(O)O. The third kappa shape index (κ3) is 4.54. The Hall–Kier alpha value is -0.200. The number of rotatable bonds is 6. The maximum Gasteiger partial charge on any atom is 0.320 e. The van der Waals surface area contributed by atoms with Gasteiger partial charge in [-0.1, -0.05) is 26.2 Å². The molecular formula is C8H19NO4. The molecule has 0 saturated carbocycles. The highest BCUT2D eigenvalue weighted by molar-refractivity contribution is 4.77. The van der Waals surface area contributed by atoms with E-state index in [1.807, 2.05) is 6.92 Å². The minimum atomic E-state index is -3.22. The van der Waals surface area contributed by atoms with Gasteiger partial charge in [0.1, 0.15) is 0 Å². The Kier molecular flexibility index (Phi) is 4.80. The molecule has 0 radical (unpaired) electrons. The topological polar surface area (TPSA) is 107 Å². The molecule has 0 bridgehead atoms. The molecule has 1 atom stereocenters. The maximum atomic E-state index is 9.18. The normalized spacial score (nSPS) is 17.1. The molecule has 80 valence electrons. The van der Waals surface area contributed by atoms with Gasteiger partial charge in [0, 0.05) is 0 Å². The van der Waals surface area contributed by atoms with Crippen LogP contribution in [0.4, 0.5) is 0 Å². The van der Waals surface area contributed by atoms with E-state index in [2.05, 4.69) is 0 Å². The molecule has 1 unspecified atom stereocenters. The molecular weight excluding hydrogens is 174 g/mol. The molecule has 13 heavy (non-hydrogen) atoms. The molecule has 0 fully saturated rings. The third-order valence-electron chi connectivity index (χ3n) is 1.99. The third-order valence-corrected chi connectivity index (χ3v) is 1.99. The summed E-state index contributed by atoms with van der Waals surface area (Å²) in [4.78, 5) is 0. The van der Waals surface area contributed by atoms with Crippen LogP contribution >= 0.6 is 0 Å². The fourth-order valence-corrected chi connectivity index (χ4v) is 0.989. The van der Waals surface area contributed by atoms with E-state index in [1.165, 1.54) is 0 Å². The lowest BCUT2D eigenvalue weighted by Crippen LogP contribution is -2.60. The van der Waals surface area contributed by atoms with Gasteiger partial charge in [-0.05, 0) is 12.8 Å². The second-order valence-electron chi connectivity index (χ2n) is 3.37. The van der Waals surface area contributed by atoms with Gasteiger partial charge >= 0.3 is 5.97 Å². The summed E-state index contributed by atoms with van der Waals surface area (Å²) in [6.07, 6.45) is 3.36. The van der Waals surface area contributed by atoms with Gasteiger partial charge in [0.15, 0.2) is 5.72 Å². The first-order valence-electron chi connectivity index (χ1n) is 4.49. The van der Waals surface area contributed by atoms with E-state index in [-0.39, 0.29) is 6.42 Å². The van der Waals surface area contributed by atoms with Crippen molar-refractivity contribution >= 4 is 0 Å². The minimum Gasteiger partial charge on any atom is -0.369 e. The lowest BCUT2D eigenvalue weighted by Gasteiger charge is -2.31. The maximum absolute atomic E-state index is 9.18. The van der Waals surface area contributed by atoms with Gasteiger partial charge < -0.3 is 20.4 Å². The quantitative estimate of drug-likeness (QED) is 0.281. The van der Waals surface area contributed by atoms with Gasteiger partial charge in [0.25, 0.3) is 0 Å². The zero-order valence-corrected chi connectivity index (χ0v) is 7.90. The zero-order valence-electron chi connectivity index (χ0n) is 7.90. The van der Waals surface area contributed by atoms with Crippen molar-refractivity contribution in [2.75, 3.05) is 0 Å². The second kappa shape index (κ2) is 4.88. The number of hydrogen-bond acceptors (Lipinski definition) is 5. The van der Waals surface area contributed by atoms with Crippen molar-refractivity contribution in [3.8, 4) is 0 Å². The van der Waals surface area contributed by atoms with E-state index in [9.17, 15) is 5.11 Å². The predicted octanol–water partition coefficient (Wildman–Crippen LogP) is -0.765. The van der Waals surface area contributed by atoms with Crippen molar-refractivity contribution in [2.24, 2.45) is 5.73 Å². The summed E-state index contributed by atoms with van der Waals surface area (Å²) >= 11 is 0. The van der Waals surface area contributed by atoms with Crippen LogP contribution in [0.1, 0.15) is 39.0 Å². The molecule has 0 aromatic heterocycles. The Labute approximate surface area is 77.8 Å². The van der Waals surface area contributed by atoms with Crippen LogP contribution in [-0.2, 0) is 0 Å². The molecule has 0 aliphatic carbocycles. The molecule has 0 amide bonds. The summed E-state index contributed by atoms with van der Waals surface area (Å²) in [5.74, 6) is -3.22. The summed E-state index contributed by atoms with van der Waals surface area (Å²) in [7, 11) is 0.